The zero-order chi connectivity index (χ0) is 11.7. The predicted molar refractivity (Wildman–Crippen MR) is 69.0 cm³/mol. The van der Waals surface area contributed by atoms with Gasteiger partial charge in [0.05, 0.1) is 5.52 Å². The summed E-state index contributed by atoms with van der Waals surface area (Å²) in [5.41, 5.74) is 0.801. The molecule has 17 heavy (non-hydrogen) atoms. The molecule has 0 atom stereocenters. The molecule has 0 radical (unpaired) electrons. The van der Waals surface area contributed by atoms with Crippen molar-refractivity contribution in [2.24, 2.45) is 0 Å². The standard InChI is InChI=1S/C12H12FN3S/c13-9-1-2-11-10(7-9)12(15-8-14-11)16-3-5-17-6-4-16/h1-2,7-8H,3-6H2. The van der Waals surface area contributed by atoms with Crippen LogP contribution in [-0.2, 0) is 0 Å². The van der Waals surface area contributed by atoms with E-state index in [-0.39, 0.29) is 5.82 Å². The second kappa shape index (κ2) is 4.49. The minimum atomic E-state index is -0.236. The van der Waals surface area contributed by atoms with Crippen LogP contribution in [0.4, 0.5) is 10.2 Å². The quantitative estimate of drug-likeness (QED) is 0.775. The maximum Gasteiger partial charge on any atom is 0.140 e. The normalized spacial score (nSPS) is 16.4. The fourth-order valence-electron chi connectivity index (χ4n) is 2.04. The highest BCUT2D eigenvalue weighted by Gasteiger charge is 2.15. The first-order valence-electron chi connectivity index (χ1n) is 5.57. The number of nitrogens with zero attached hydrogens (tertiary/aromatic N) is 3. The fourth-order valence-corrected chi connectivity index (χ4v) is 2.95. The average molecular weight is 249 g/mol. The lowest BCUT2D eigenvalue weighted by Crippen LogP contribution is -2.33. The topological polar surface area (TPSA) is 29.0 Å². The molecular weight excluding hydrogens is 237 g/mol. The van der Waals surface area contributed by atoms with Gasteiger partial charge in [-0.3, -0.25) is 0 Å². The molecule has 1 fully saturated rings. The molecule has 0 amide bonds. The van der Waals surface area contributed by atoms with Gasteiger partial charge in [0.1, 0.15) is 18.0 Å². The highest BCUT2D eigenvalue weighted by Crippen LogP contribution is 2.25. The van der Waals surface area contributed by atoms with Crippen LogP contribution in [0.5, 0.6) is 0 Å². The van der Waals surface area contributed by atoms with Crippen LogP contribution in [0.3, 0.4) is 0 Å². The van der Waals surface area contributed by atoms with Crippen LogP contribution in [0.1, 0.15) is 0 Å². The van der Waals surface area contributed by atoms with Gasteiger partial charge in [0, 0.05) is 30.0 Å². The molecule has 88 valence electrons. The molecule has 0 aliphatic carbocycles. The van der Waals surface area contributed by atoms with Crippen LogP contribution in [0.25, 0.3) is 10.9 Å². The minimum absolute atomic E-state index is 0.236. The van der Waals surface area contributed by atoms with Crippen LogP contribution in [0, 0.1) is 5.82 Å². The van der Waals surface area contributed by atoms with Gasteiger partial charge in [-0.05, 0) is 18.2 Å². The van der Waals surface area contributed by atoms with Crippen LogP contribution in [0.2, 0.25) is 0 Å². The zero-order valence-electron chi connectivity index (χ0n) is 9.27. The Hall–Kier alpha value is -1.36. The van der Waals surface area contributed by atoms with E-state index in [4.69, 9.17) is 0 Å². The molecule has 2 aromatic rings. The first-order chi connectivity index (χ1) is 8.34. The van der Waals surface area contributed by atoms with Gasteiger partial charge in [-0.2, -0.15) is 11.8 Å². The Kier molecular flexibility index (Phi) is 2.84. The van der Waals surface area contributed by atoms with Gasteiger partial charge in [-0.1, -0.05) is 0 Å². The Morgan fingerprint density at radius 1 is 1.18 bits per heavy atom. The Balaban J connectivity index is 2.11. The lowest BCUT2D eigenvalue weighted by Gasteiger charge is -2.28. The molecule has 1 aliphatic rings. The van der Waals surface area contributed by atoms with Crippen LogP contribution >= 0.6 is 11.8 Å². The summed E-state index contributed by atoms with van der Waals surface area (Å²) in [6.07, 6.45) is 1.55. The van der Waals surface area contributed by atoms with Crippen molar-refractivity contribution in [3.05, 3.63) is 30.3 Å². The van der Waals surface area contributed by atoms with Gasteiger partial charge >= 0.3 is 0 Å². The van der Waals surface area contributed by atoms with Crippen molar-refractivity contribution in [2.45, 2.75) is 0 Å². The molecule has 1 aromatic carbocycles. The van der Waals surface area contributed by atoms with Crippen LogP contribution < -0.4 is 4.90 Å². The Labute approximate surface area is 103 Å². The molecule has 1 aromatic heterocycles. The molecule has 1 aliphatic heterocycles. The van der Waals surface area contributed by atoms with E-state index in [1.54, 1.807) is 12.4 Å². The van der Waals surface area contributed by atoms with E-state index in [1.807, 2.05) is 11.8 Å². The Morgan fingerprint density at radius 3 is 2.82 bits per heavy atom. The Bertz CT molecular complexity index is 540. The van der Waals surface area contributed by atoms with Crippen molar-refractivity contribution in [1.29, 1.82) is 0 Å². The largest absolute Gasteiger partial charge is 0.354 e. The fraction of sp³-hybridized carbons (Fsp3) is 0.333. The summed E-state index contributed by atoms with van der Waals surface area (Å²) in [5.74, 6) is 2.82. The van der Waals surface area contributed by atoms with Crippen molar-refractivity contribution in [3.8, 4) is 0 Å². The van der Waals surface area contributed by atoms with Crippen molar-refractivity contribution < 1.29 is 4.39 Å². The maximum atomic E-state index is 13.3. The third-order valence-corrected chi connectivity index (χ3v) is 3.83. The first-order valence-corrected chi connectivity index (χ1v) is 6.73. The number of anilines is 1. The predicted octanol–water partition coefficient (Wildman–Crippen LogP) is 2.32. The summed E-state index contributed by atoms with van der Waals surface area (Å²) in [5, 5.41) is 0.805. The molecule has 0 spiro atoms. The summed E-state index contributed by atoms with van der Waals surface area (Å²) in [6, 6.07) is 4.66. The molecule has 3 rings (SSSR count). The molecule has 5 heteroatoms. The number of halogens is 1. The van der Waals surface area contributed by atoms with Crippen LogP contribution in [0.15, 0.2) is 24.5 Å². The van der Waals surface area contributed by atoms with E-state index in [2.05, 4.69) is 14.9 Å². The molecule has 3 nitrogen and oxygen atoms in total. The van der Waals surface area contributed by atoms with E-state index < -0.39 is 0 Å². The second-order valence-corrected chi connectivity index (χ2v) is 5.18. The second-order valence-electron chi connectivity index (χ2n) is 3.96. The number of hydrogen-bond acceptors (Lipinski definition) is 4. The average Bonchev–Trinajstić information content (AvgIpc) is 2.39. The third kappa shape index (κ3) is 2.07. The number of benzene rings is 1. The first kappa shape index (κ1) is 10.8. The third-order valence-electron chi connectivity index (χ3n) is 2.89. The summed E-state index contributed by atoms with van der Waals surface area (Å²) in [6.45, 7) is 1.93. The van der Waals surface area contributed by atoms with Crippen LogP contribution in [-0.4, -0.2) is 34.6 Å². The Morgan fingerprint density at radius 2 is 2.00 bits per heavy atom. The lowest BCUT2D eigenvalue weighted by atomic mass is 10.2. The number of fused-ring (bicyclic) bond motifs is 1. The SMILES string of the molecule is Fc1ccc2ncnc(N3CCSCC3)c2c1. The van der Waals surface area contributed by atoms with Crippen molar-refractivity contribution in [3.63, 3.8) is 0 Å². The van der Waals surface area contributed by atoms with Gasteiger partial charge in [0.15, 0.2) is 0 Å². The molecule has 1 saturated heterocycles. The molecule has 0 unspecified atom stereocenters. The van der Waals surface area contributed by atoms with E-state index in [0.717, 1.165) is 41.3 Å². The van der Waals surface area contributed by atoms with E-state index in [1.165, 1.54) is 12.1 Å². The van der Waals surface area contributed by atoms with Crippen molar-refractivity contribution in [1.82, 2.24) is 9.97 Å². The number of thioether (sulfide) groups is 1. The molecule has 0 N–H and O–H groups in total. The molecular formula is C12H12FN3S. The number of hydrogen-bond donors (Lipinski definition) is 0. The van der Waals surface area contributed by atoms with E-state index >= 15 is 0 Å². The molecule has 0 saturated carbocycles. The van der Waals surface area contributed by atoms with Gasteiger partial charge < -0.3 is 4.90 Å². The van der Waals surface area contributed by atoms with E-state index in [0.29, 0.717) is 0 Å². The van der Waals surface area contributed by atoms with Crippen molar-refractivity contribution >= 4 is 28.5 Å². The molecule has 2 heterocycles. The zero-order valence-corrected chi connectivity index (χ0v) is 10.1. The van der Waals surface area contributed by atoms with Crippen molar-refractivity contribution in [2.75, 3.05) is 29.5 Å². The minimum Gasteiger partial charge on any atom is -0.354 e. The van der Waals surface area contributed by atoms with E-state index in [9.17, 15) is 4.39 Å². The molecule has 0 bridgehead atoms. The lowest BCUT2D eigenvalue weighted by molar-refractivity contribution is 0.629. The summed E-state index contributed by atoms with van der Waals surface area (Å²) < 4.78 is 13.3. The smallest absolute Gasteiger partial charge is 0.140 e. The highest BCUT2D eigenvalue weighted by atomic mass is 32.2. The maximum absolute atomic E-state index is 13.3. The van der Waals surface area contributed by atoms with Gasteiger partial charge in [-0.25, -0.2) is 14.4 Å². The monoisotopic (exact) mass is 249 g/mol. The van der Waals surface area contributed by atoms with Gasteiger partial charge in [0.25, 0.3) is 0 Å². The number of rotatable bonds is 1. The summed E-state index contributed by atoms with van der Waals surface area (Å²) in [4.78, 5) is 10.7. The van der Waals surface area contributed by atoms with Gasteiger partial charge in [0.2, 0.25) is 0 Å². The summed E-state index contributed by atoms with van der Waals surface area (Å²) >= 11 is 1.94. The number of aromatic nitrogens is 2. The van der Waals surface area contributed by atoms with Gasteiger partial charge in [-0.15, -0.1) is 0 Å². The highest BCUT2D eigenvalue weighted by molar-refractivity contribution is 7.99. The summed E-state index contributed by atoms with van der Waals surface area (Å²) in [7, 11) is 0.